The van der Waals surface area contributed by atoms with Crippen LogP contribution in [0.25, 0.3) is 4.91 Å². The second kappa shape index (κ2) is 8.77. The molecule has 3 nitrogen and oxygen atoms in total. The first-order valence-electron chi connectivity index (χ1n) is 7.76. The molecule has 0 unspecified atom stereocenters. The lowest BCUT2D eigenvalue weighted by Gasteiger charge is -2.24. The molecule has 6 heteroatoms. The van der Waals surface area contributed by atoms with Crippen LogP contribution in [-0.4, -0.2) is 38.0 Å². The van der Waals surface area contributed by atoms with E-state index in [0.717, 1.165) is 27.6 Å². The molecular formula is C19H20Cl2N2OS. The van der Waals surface area contributed by atoms with Crippen LogP contribution in [0.4, 0.5) is 5.69 Å². The first-order valence-corrected chi connectivity index (χ1v) is 8.96. The quantitative estimate of drug-likeness (QED) is 0.749. The molecule has 2 aromatic rings. The van der Waals surface area contributed by atoms with Crippen molar-refractivity contribution in [2.75, 3.05) is 32.1 Å². The third-order valence-corrected chi connectivity index (χ3v) is 5.48. The molecule has 25 heavy (non-hydrogen) atoms. The largest absolute Gasteiger partial charge is 0.308 e. The van der Waals surface area contributed by atoms with Crippen molar-refractivity contribution in [3.05, 3.63) is 65.2 Å². The van der Waals surface area contributed by atoms with Crippen LogP contribution in [0.1, 0.15) is 5.56 Å². The Morgan fingerprint density at radius 3 is 2.36 bits per heavy atom. The molecule has 0 aromatic heterocycles. The number of likely N-dealkylation sites (N-methyl/N-ethyl adjacent to an activating group) is 1. The van der Waals surface area contributed by atoms with Gasteiger partial charge >= 0.3 is 0 Å². The molecule has 0 N–H and O–H groups in total. The van der Waals surface area contributed by atoms with Gasteiger partial charge in [0.1, 0.15) is 5.03 Å². The molecule has 0 atom stereocenters. The number of amides is 1. The summed E-state index contributed by atoms with van der Waals surface area (Å²) in [5, 5.41) is 0.279. The van der Waals surface area contributed by atoms with Crippen molar-refractivity contribution in [2.45, 2.75) is 4.90 Å². The molecule has 3 rings (SSSR count). The zero-order chi connectivity index (χ0) is 17.1. The highest BCUT2D eigenvalue weighted by Gasteiger charge is 2.28. The third kappa shape index (κ3) is 4.39. The van der Waals surface area contributed by atoms with E-state index in [-0.39, 0.29) is 23.3 Å². The number of fused-ring (bicyclic) bond motifs is 1. The Bertz CT molecular complexity index is 778. The Labute approximate surface area is 164 Å². The van der Waals surface area contributed by atoms with Gasteiger partial charge in [0.2, 0.25) is 0 Å². The standard InChI is InChI=1S/C19H19ClN2OS.ClH/c1-21(2)12-13-22-15-10-6-7-11-16(15)24-18(17(20)19(22)23)14-8-4-3-5-9-14;/h3-11H,12-13H2,1-2H3;1H. The molecule has 1 aliphatic rings. The third-order valence-electron chi connectivity index (χ3n) is 3.81. The van der Waals surface area contributed by atoms with Crippen molar-refractivity contribution in [1.29, 1.82) is 0 Å². The molecule has 2 aromatic carbocycles. The smallest absolute Gasteiger partial charge is 0.271 e. The number of carbonyl (C=O) groups is 1. The van der Waals surface area contributed by atoms with Gasteiger partial charge in [-0.05, 0) is 31.8 Å². The first kappa shape index (κ1) is 19.9. The number of hydrogen-bond acceptors (Lipinski definition) is 3. The number of nitrogens with zero attached hydrogens (tertiary/aromatic N) is 2. The SMILES string of the molecule is CN(C)CCN1C(=O)C(Cl)=C(c2ccccc2)Sc2ccccc21.Cl. The first-order chi connectivity index (χ1) is 11.6. The van der Waals surface area contributed by atoms with Crippen LogP contribution in [-0.2, 0) is 4.79 Å². The van der Waals surface area contributed by atoms with E-state index in [9.17, 15) is 4.79 Å². The van der Waals surface area contributed by atoms with E-state index in [1.807, 2.05) is 68.7 Å². The maximum atomic E-state index is 13.0. The number of benzene rings is 2. The molecule has 0 radical (unpaired) electrons. The summed E-state index contributed by atoms with van der Waals surface area (Å²) in [6.45, 7) is 1.37. The van der Waals surface area contributed by atoms with Crippen molar-refractivity contribution in [1.82, 2.24) is 4.90 Å². The molecule has 132 valence electrons. The molecule has 1 amide bonds. The number of carbonyl (C=O) groups excluding carboxylic acids is 1. The fourth-order valence-electron chi connectivity index (χ4n) is 2.54. The van der Waals surface area contributed by atoms with Crippen LogP contribution >= 0.6 is 35.8 Å². The van der Waals surface area contributed by atoms with Gasteiger partial charge in [0.05, 0.1) is 5.69 Å². The monoisotopic (exact) mass is 394 g/mol. The Hall–Kier alpha value is -1.46. The topological polar surface area (TPSA) is 23.6 Å². The van der Waals surface area contributed by atoms with Crippen LogP contribution in [0.5, 0.6) is 0 Å². The molecule has 0 saturated carbocycles. The number of hydrogen-bond donors (Lipinski definition) is 0. The fraction of sp³-hybridized carbons (Fsp3) is 0.211. The van der Waals surface area contributed by atoms with Gasteiger partial charge in [0.15, 0.2) is 0 Å². The van der Waals surface area contributed by atoms with Gasteiger partial charge in [0.25, 0.3) is 5.91 Å². The average Bonchev–Trinajstić information content (AvgIpc) is 2.70. The van der Waals surface area contributed by atoms with E-state index in [4.69, 9.17) is 11.6 Å². The van der Waals surface area contributed by atoms with Crippen LogP contribution in [0.3, 0.4) is 0 Å². The van der Waals surface area contributed by atoms with Crippen LogP contribution in [0, 0.1) is 0 Å². The second-order valence-electron chi connectivity index (χ2n) is 5.84. The second-order valence-corrected chi connectivity index (χ2v) is 7.27. The van der Waals surface area contributed by atoms with Crippen molar-refractivity contribution < 1.29 is 4.79 Å². The Balaban J connectivity index is 0.00000225. The number of anilines is 1. The minimum Gasteiger partial charge on any atom is -0.308 e. The van der Waals surface area contributed by atoms with E-state index in [2.05, 4.69) is 4.90 Å². The molecule has 0 aliphatic carbocycles. The van der Waals surface area contributed by atoms with E-state index in [0.29, 0.717) is 6.54 Å². The summed E-state index contributed by atoms with van der Waals surface area (Å²) in [6.07, 6.45) is 0. The Morgan fingerprint density at radius 1 is 1.04 bits per heavy atom. The summed E-state index contributed by atoms with van der Waals surface area (Å²) >= 11 is 8.08. The van der Waals surface area contributed by atoms with E-state index >= 15 is 0 Å². The fourth-order valence-corrected chi connectivity index (χ4v) is 3.95. The van der Waals surface area contributed by atoms with Crippen molar-refractivity contribution in [3.63, 3.8) is 0 Å². The zero-order valence-corrected chi connectivity index (χ0v) is 16.5. The summed E-state index contributed by atoms with van der Waals surface area (Å²) in [5.41, 5.74) is 1.88. The Morgan fingerprint density at radius 2 is 1.68 bits per heavy atom. The number of rotatable bonds is 4. The van der Waals surface area contributed by atoms with Crippen molar-refractivity contribution in [2.24, 2.45) is 0 Å². The lowest BCUT2D eigenvalue weighted by molar-refractivity contribution is -0.114. The van der Waals surface area contributed by atoms with Crippen LogP contribution in [0.15, 0.2) is 64.5 Å². The summed E-state index contributed by atoms with van der Waals surface area (Å²) < 4.78 is 0. The van der Waals surface area contributed by atoms with E-state index in [1.54, 1.807) is 16.7 Å². The van der Waals surface area contributed by atoms with E-state index < -0.39 is 0 Å². The highest BCUT2D eigenvalue weighted by molar-refractivity contribution is 8.08. The molecule has 1 aliphatic heterocycles. The van der Waals surface area contributed by atoms with Crippen molar-refractivity contribution in [3.8, 4) is 0 Å². The maximum absolute atomic E-state index is 13.0. The summed E-state index contributed by atoms with van der Waals surface area (Å²) in [5.74, 6) is -0.144. The minimum atomic E-state index is -0.144. The molecule has 0 bridgehead atoms. The summed E-state index contributed by atoms with van der Waals surface area (Å²) in [7, 11) is 3.99. The number of halogens is 2. The highest BCUT2D eigenvalue weighted by atomic mass is 35.5. The van der Waals surface area contributed by atoms with Crippen molar-refractivity contribution >= 4 is 52.3 Å². The lowest BCUT2D eigenvalue weighted by Crippen LogP contribution is -2.36. The molecule has 0 saturated heterocycles. The highest BCUT2D eigenvalue weighted by Crippen LogP contribution is 2.45. The van der Waals surface area contributed by atoms with Gasteiger partial charge in [0, 0.05) is 22.9 Å². The van der Waals surface area contributed by atoms with Crippen LogP contribution in [0.2, 0.25) is 0 Å². The molecule has 0 spiro atoms. The molecule has 0 fully saturated rings. The predicted octanol–water partition coefficient (Wildman–Crippen LogP) is 4.72. The predicted molar refractivity (Wildman–Crippen MR) is 110 cm³/mol. The van der Waals surface area contributed by atoms with E-state index in [1.165, 1.54) is 0 Å². The van der Waals surface area contributed by atoms with Gasteiger partial charge in [-0.15, -0.1) is 12.4 Å². The zero-order valence-electron chi connectivity index (χ0n) is 14.1. The number of thioether (sulfide) groups is 1. The molecule has 1 heterocycles. The van der Waals surface area contributed by atoms with Crippen LogP contribution < -0.4 is 4.90 Å². The minimum absolute atomic E-state index is 0. The average molecular weight is 395 g/mol. The van der Waals surface area contributed by atoms with Gasteiger partial charge in [-0.25, -0.2) is 0 Å². The summed E-state index contributed by atoms with van der Waals surface area (Å²) in [6, 6.07) is 17.8. The van der Waals surface area contributed by atoms with Gasteiger partial charge in [-0.2, -0.15) is 0 Å². The maximum Gasteiger partial charge on any atom is 0.271 e. The van der Waals surface area contributed by atoms with Gasteiger partial charge in [-0.1, -0.05) is 65.8 Å². The normalized spacial score (nSPS) is 14.2. The lowest BCUT2D eigenvalue weighted by atomic mass is 10.2. The van der Waals surface area contributed by atoms with Gasteiger partial charge < -0.3 is 9.80 Å². The van der Waals surface area contributed by atoms with Gasteiger partial charge in [-0.3, -0.25) is 4.79 Å². The molecular weight excluding hydrogens is 375 g/mol. The summed E-state index contributed by atoms with van der Waals surface area (Å²) in [4.78, 5) is 18.7. The Kier molecular flexibility index (Phi) is 6.96. The number of para-hydroxylation sites is 1.